The highest BCUT2D eigenvalue weighted by molar-refractivity contribution is 5.93. The second-order valence-electron chi connectivity index (χ2n) is 8.00. The number of nitrogens with zero attached hydrogens (tertiary/aromatic N) is 2. The molecule has 1 aromatic carbocycles. The van der Waals surface area contributed by atoms with E-state index in [0.29, 0.717) is 47.5 Å². The molecular weight excluding hydrogens is 438 g/mol. The summed E-state index contributed by atoms with van der Waals surface area (Å²) in [5, 5.41) is 8.39. The molecule has 34 heavy (non-hydrogen) atoms. The maximum Gasteiger partial charge on any atom is 0.322 e. The normalized spacial score (nSPS) is 18.1. The van der Waals surface area contributed by atoms with Crippen molar-refractivity contribution in [1.29, 1.82) is 0 Å². The molecule has 4 heterocycles. The van der Waals surface area contributed by atoms with Gasteiger partial charge < -0.3 is 30.2 Å². The number of aromatic nitrogens is 2. The van der Waals surface area contributed by atoms with Crippen LogP contribution in [0.2, 0.25) is 0 Å². The van der Waals surface area contributed by atoms with Crippen molar-refractivity contribution in [2.45, 2.75) is 31.9 Å². The third kappa shape index (κ3) is 4.29. The van der Waals surface area contributed by atoms with Gasteiger partial charge in [-0.2, -0.15) is 0 Å². The Morgan fingerprint density at radius 3 is 2.85 bits per heavy atom. The van der Waals surface area contributed by atoms with Gasteiger partial charge in [-0.15, -0.1) is 0 Å². The zero-order chi connectivity index (χ0) is 23.7. The van der Waals surface area contributed by atoms with E-state index in [9.17, 15) is 9.59 Å². The Balaban J connectivity index is 1.27. The van der Waals surface area contributed by atoms with Crippen LogP contribution in [0.4, 0.5) is 16.3 Å². The maximum absolute atomic E-state index is 12.5. The molecule has 2 atom stereocenters. The number of nitrogens with one attached hydrogen (secondary N) is 3. The largest absolute Gasteiger partial charge is 0.481 e. The molecule has 2 aliphatic rings. The number of methoxy groups -OCH3 is 1. The minimum absolute atomic E-state index is 0.0497. The van der Waals surface area contributed by atoms with Gasteiger partial charge in [-0.25, -0.2) is 14.8 Å². The van der Waals surface area contributed by atoms with Crippen LogP contribution < -0.4 is 30.2 Å². The van der Waals surface area contributed by atoms with E-state index in [-0.39, 0.29) is 11.8 Å². The van der Waals surface area contributed by atoms with Crippen molar-refractivity contribution in [2.24, 2.45) is 0 Å². The quantitative estimate of drug-likeness (QED) is 0.528. The SMILES string of the molecule is COc1cc(NC(=O)N[C@@H]2Oc3ccc(Oc4ccnc5c4CCC(=O)N5)cc3[C@@H]2C)ccn1. The van der Waals surface area contributed by atoms with E-state index in [1.807, 2.05) is 25.1 Å². The van der Waals surface area contributed by atoms with Gasteiger partial charge in [0, 0.05) is 47.6 Å². The van der Waals surface area contributed by atoms with Gasteiger partial charge in [0.25, 0.3) is 0 Å². The van der Waals surface area contributed by atoms with Gasteiger partial charge in [0.1, 0.15) is 23.1 Å². The molecule has 10 heteroatoms. The van der Waals surface area contributed by atoms with E-state index in [0.717, 1.165) is 11.1 Å². The number of ether oxygens (including phenoxy) is 3. The number of amides is 3. The fourth-order valence-electron chi connectivity index (χ4n) is 3.98. The van der Waals surface area contributed by atoms with Gasteiger partial charge >= 0.3 is 6.03 Å². The number of rotatable bonds is 5. The molecule has 0 saturated heterocycles. The standard InChI is InChI=1S/C24H23N5O5/c1-13-17-12-15(33-19-8-10-26-22-16(19)4-6-20(30)28-22)3-5-18(17)34-23(13)29-24(31)27-14-7-9-25-21(11-14)32-2/h3,5,7-13,23H,4,6H2,1-2H3,(H,26,28,30)(H2,25,27,29,31)/t13-,23+/m0/s1. The van der Waals surface area contributed by atoms with Gasteiger partial charge in [-0.1, -0.05) is 6.92 Å². The number of pyridine rings is 2. The molecule has 5 rings (SSSR count). The van der Waals surface area contributed by atoms with Crippen LogP contribution >= 0.6 is 0 Å². The van der Waals surface area contributed by atoms with Crippen molar-refractivity contribution >= 4 is 23.4 Å². The summed E-state index contributed by atoms with van der Waals surface area (Å²) < 4.78 is 17.2. The lowest BCUT2D eigenvalue weighted by atomic mass is 10.0. The first-order chi connectivity index (χ1) is 16.5. The van der Waals surface area contributed by atoms with Gasteiger partial charge in [-0.3, -0.25) is 4.79 Å². The van der Waals surface area contributed by atoms with Crippen LogP contribution in [0.5, 0.6) is 23.1 Å². The molecule has 2 aliphatic heterocycles. The number of urea groups is 1. The second kappa shape index (κ2) is 8.89. The van der Waals surface area contributed by atoms with E-state index >= 15 is 0 Å². The average Bonchev–Trinajstić information content (AvgIpc) is 3.13. The molecule has 3 amide bonds. The zero-order valence-corrected chi connectivity index (χ0v) is 18.6. The Hall–Kier alpha value is -4.34. The van der Waals surface area contributed by atoms with Crippen molar-refractivity contribution in [1.82, 2.24) is 15.3 Å². The Morgan fingerprint density at radius 2 is 2.00 bits per heavy atom. The third-order valence-electron chi connectivity index (χ3n) is 5.76. The number of fused-ring (bicyclic) bond motifs is 2. The highest BCUT2D eigenvalue weighted by Crippen LogP contribution is 2.41. The summed E-state index contributed by atoms with van der Waals surface area (Å²) in [6, 6.07) is 10.2. The fraction of sp³-hybridized carbons (Fsp3) is 0.250. The molecule has 0 bridgehead atoms. The molecule has 174 valence electrons. The van der Waals surface area contributed by atoms with Gasteiger partial charge in [-0.05, 0) is 36.8 Å². The Morgan fingerprint density at radius 1 is 1.15 bits per heavy atom. The van der Waals surface area contributed by atoms with Crippen molar-refractivity contribution in [3.05, 3.63) is 59.9 Å². The number of carbonyl (C=O) groups is 2. The molecule has 0 saturated carbocycles. The third-order valence-corrected chi connectivity index (χ3v) is 5.76. The summed E-state index contributed by atoms with van der Waals surface area (Å²) in [5.41, 5.74) is 2.35. The van der Waals surface area contributed by atoms with E-state index in [4.69, 9.17) is 14.2 Å². The van der Waals surface area contributed by atoms with Crippen LogP contribution in [0.3, 0.4) is 0 Å². The lowest BCUT2D eigenvalue weighted by Gasteiger charge is -2.19. The van der Waals surface area contributed by atoms with Crippen LogP contribution in [0, 0.1) is 0 Å². The summed E-state index contributed by atoms with van der Waals surface area (Å²) >= 11 is 0. The van der Waals surface area contributed by atoms with Gasteiger partial charge in [0.05, 0.1) is 7.11 Å². The Labute approximate surface area is 195 Å². The first-order valence-electron chi connectivity index (χ1n) is 10.8. The second-order valence-corrected chi connectivity index (χ2v) is 8.00. The van der Waals surface area contributed by atoms with Crippen LogP contribution in [0.15, 0.2) is 48.8 Å². The zero-order valence-electron chi connectivity index (χ0n) is 18.6. The first kappa shape index (κ1) is 21.5. The minimum atomic E-state index is -0.544. The van der Waals surface area contributed by atoms with Crippen LogP contribution in [0.25, 0.3) is 0 Å². The monoisotopic (exact) mass is 461 g/mol. The number of hydrogen-bond acceptors (Lipinski definition) is 7. The number of carbonyl (C=O) groups excluding carboxylic acids is 2. The van der Waals surface area contributed by atoms with Crippen molar-refractivity contribution in [3.63, 3.8) is 0 Å². The predicted molar refractivity (Wildman–Crippen MR) is 123 cm³/mol. The van der Waals surface area contributed by atoms with E-state index in [1.165, 1.54) is 7.11 Å². The van der Waals surface area contributed by atoms with Crippen LogP contribution in [0.1, 0.15) is 30.4 Å². The first-order valence-corrected chi connectivity index (χ1v) is 10.8. The highest BCUT2D eigenvalue weighted by Gasteiger charge is 2.33. The molecule has 10 nitrogen and oxygen atoms in total. The lowest BCUT2D eigenvalue weighted by molar-refractivity contribution is -0.116. The molecule has 0 fully saturated rings. The molecular formula is C24H23N5O5. The minimum Gasteiger partial charge on any atom is -0.481 e. The summed E-state index contributed by atoms with van der Waals surface area (Å²) in [7, 11) is 1.51. The summed E-state index contributed by atoms with van der Waals surface area (Å²) in [6.45, 7) is 1.97. The molecule has 3 aromatic rings. The van der Waals surface area contributed by atoms with Crippen molar-refractivity contribution in [2.75, 3.05) is 17.7 Å². The molecule has 0 radical (unpaired) electrons. The molecule has 2 aromatic heterocycles. The van der Waals surface area contributed by atoms with E-state index in [2.05, 4.69) is 25.9 Å². The average molecular weight is 461 g/mol. The van der Waals surface area contributed by atoms with E-state index < -0.39 is 12.3 Å². The Bertz CT molecular complexity index is 1260. The van der Waals surface area contributed by atoms with E-state index in [1.54, 1.807) is 30.6 Å². The van der Waals surface area contributed by atoms with Gasteiger partial charge in [0.2, 0.25) is 11.8 Å². The number of hydrogen-bond donors (Lipinski definition) is 3. The highest BCUT2D eigenvalue weighted by atomic mass is 16.5. The maximum atomic E-state index is 12.5. The lowest BCUT2D eigenvalue weighted by Crippen LogP contribution is -2.42. The topological polar surface area (TPSA) is 124 Å². The molecule has 0 unspecified atom stereocenters. The van der Waals surface area contributed by atoms with Crippen LogP contribution in [-0.2, 0) is 11.2 Å². The predicted octanol–water partition coefficient (Wildman–Crippen LogP) is 3.81. The fourth-order valence-corrected chi connectivity index (χ4v) is 3.98. The molecule has 0 spiro atoms. The summed E-state index contributed by atoms with van der Waals surface area (Å²) in [4.78, 5) is 32.4. The summed E-state index contributed by atoms with van der Waals surface area (Å²) in [5.74, 6) is 2.74. The van der Waals surface area contributed by atoms with Gasteiger partial charge in [0.15, 0.2) is 6.23 Å². The summed E-state index contributed by atoms with van der Waals surface area (Å²) in [6.07, 6.45) is 3.58. The number of benzene rings is 1. The molecule has 0 aliphatic carbocycles. The van der Waals surface area contributed by atoms with Crippen LogP contribution in [-0.4, -0.2) is 35.2 Å². The number of anilines is 2. The Kier molecular flexibility index (Phi) is 5.62. The van der Waals surface area contributed by atoms with Crippen molar-refractivity contribution < 1.29 is 23.8 Å². The smallest absolute Gasteiger partial charge is 0.322 e. The molecule has 3 N–H and O–H groups in total. The van der Waals surface area contributed by atoms with Crippen molar-refractivity contribution in [3.8, 4) is 23.1 Å².